The molecule has 0 saturated carbocycles. The third-order valence-electron chi connectivity index (χ3n) is 4.15. The maximum atomic E-state index is 3.50. The van der Waals surface area contributed by atoms with Gasteiger partial charge in [-0.3, -0.25) is 0 Å². The summed E-state index contributed by atoms with van der Waals surface area (Å²) in [5, 5.41) is 6.09. The molecule has 2 nitrogen and oxygen atoms in total. The maximum Gasteiger partial charge on any atom is 0.0456 e. The van der Waals surface area contributed by atoms with Crippen LogP contribution in [-0.4, -0.2) is 13.1 Å². The van der Waals surface area contributed by atoms with Crippen LogP contribution in [0.15, 0.2) is 66.7 Å². The largest absolute Gasteiger partial charge is 0.340 e. The highest BCUT2D eigenvalue weighted by molar-refractivity contribution is 5.87. The second kappa shape index (κ2) is 5.23. The molecule has 21 heavy (non-hydrogen) atoms. The lowest BCUT2D eigenvalue weighted by molar-refractivity contribution is 0.712. The van der Waals surface area contributed by atoms with E-state index in [1.165, 1.54) is 27.7 Å². The molecule has 0 unspecified atom stereocenters. The van der Waals surface area contributed by atoms with E-state index < -0.39 is 0 Å². The fourth-order valence-electron chi connectivity index (χ4n) is 3.07. The summed E-state index contributed by atoms with van der Waals surface area (Å²) >= 11 is 0. The summed E-state index contributed by atoms with van der Waals surface area (Å²) in [6, 6.07) is 23.9. The molecular weight excluding hydrogens is 256 g/mol. The molecule has 1 N–H and O–H groups in total. The lowest BCUT2D eigenvalue weighted by Crippen LogP contribution is -2.24. The van der Waals surface area contributed by atoms with Crippen LogP contribution in [0.2, 0.25) is 0 Å². The van der Waals surface area contributed by atoms with E-state index in [0.717, 1.165) is 19.6 Å². The van der Waals surface area contributed by atoms with Gasteiger partial charge >= 0.3 is 0 Å². The minimum atomic E-state index is 0.945. The highest BCUT2D eigenvalue weighted by atomic mass is 15.2. The molecule has 0 saturated heterocycles. The average Bonchev–Trinajstić information content (AvgIpc) is 2.77. The summed E-state index contributed by atoms with van der Waals surface area (Å²) in [7, 11) is 0. The smallest absolute Gasteiger partial charge is 0.0456 e. The number of anilines is 2. The van der Waals surface area contributed by atoms with Crippen LogP contribution in [-0.2, 0) is 6.54 Å². The molecule has 0 aliphatic carbocycles. The molecule has 0 atom stereocenters. The van der Waals surface area contributed by atoms with E-state index in [0.29, 0.717) is 0 Å². The van der Waals surface area contributed by atoms with Gasteiger partial charge < -0.3 is 10.2 Å². The summed E-state index contributed by atoms with van der Waals surface area (Å²) in [4.78, 5) is 2.42. The summed E-state index contributed by atoms with van der Waals surface area (Å²) in [6.45, 7) is 2.94. The van der Waals surface area contributed by atoms with Gasteiger partial charge in [-0.15, -0.1) is 0 Å². The van der Waals surface area contributed by atoms with Gasteiger partial charge in [0, 0.05) is 31.0 Å². The number of para-hydroxylation sites is 1. The average molecular weight is 274 g/mol. The Balaban J connectivity index is 1.84. The first kappa shape index (κ1) is 12.4. The number of benzene rings is 3. The Morgan fingerprint density at radius 1 is 0.810 bits per heavy atom. The van der Waals surface area contributed by atoms with E-state index in [9.17, 15) is 0 Å². The first-order chi connectivity index (χ1) is 10.4. The summed E-state index contributed by atoms with van der Waals surface area (Å²) in [5.41, 5.74) is 3.95. The lowest BCUT2D eigenvalue weighted by Gasteiger charge is -2.25. The highest BCUT2D eigenvalue weighted by Gasteiger charge is 2.16. The van der Waals surface area contributed by atoms with Crippen molar-refractivity contribution in [3.63, 3.8) is 0 Å². The van der Waals surface area contributed by atoms with Gasteiger partial charge in [-0.05, 0) is 34.5 Å². The Bertz CT molecular complexity index is 779. The molecule has 0 fully saturated rings. The Kier molecular flexibility index (Phi) is 3.09. The van der Waals surface area contributed by atoms with Gasteiger partial charge in [0.05, 0.1) is 0 Å². The topological polar surface area (TPSA) is 15.3 Å². The SMILES string of the molecule is c1ccc2c(c1)CNCCN2c1ccc2ccccc2c1. The van der Waals surface area contributed by atoms with E-state index in [1.54, 1.807) is 0 Å². The molecule has 0 bridgehead atoms. The van der Waals surface area contributed by atoms with Crippen molar-refractivity contribution in [1.82, 2.24) is 5.32 Å². The Morgan fingerprint density at radius 3 is 2.57 bits per heavy atom. The van der Waals surface area contributed by atoms with Crippen molar-refractivity contribution in [3.05, 3.63) is 72.3 Å². The first-order valence-corrected chi connectivity index (χ1v) is 7.47. The lowest BCUT2D eigenvalue weighted by atomic mass is 10.1. The standard InChI is InChI=1S/C19H18N2/c1-2-6-16-13-18(10-9-15(16)5-1)21-12-11-20-14-17-7-3-4-8-19(17)21/h1-10,13,20H,11-12,14H2. The minimum absolute atomic E-state index is 0.945. The van der Waals surface area contributed by atoms with Crippen LogP contribution in [0, 0.1) is 0 Å². The van der Waals surface area contributed by atoms with Crippen LogP contribution >= 0.6 is 0 Å². The van der Waals surface area contributed by atoms with Crippen LogP contribution in [0.4, 0.5) is 11.4 Å². The van der Waals surface area contributed by atoms with Gasteiger partial charge in [-0.1, -0.05) is 48.5 Å². The molecule has 0 amide bonds. The highest BCUT2D eigenvalue weighted by Crippen LogP contribution is 2.31. The van der Waals surface area contributed by atoms with E-state index in [1.807, 2.05) is 0 Å². The van der Waals surface area contributed by atoms with Crippen LogP contribution in [0.5, 0.6) is 0 Å². The Hall–Kier alpha value is -2.32. The molecule has 0 spiro atoms. The molecule has 0 radical (unpaired) electrons. The van der Waals surface area contributed by atoms with Gasteiger partial charge in [0.25, 0.3) is 0 Å². The van der Waals surface area contributed by atoms with E-state index in [-0.39, 0.29) is 0 Å². The fraction of sp³-hybridized carbons (Fsp3) is 0.158. The van der Waals surface area contributed by atoms with E-state index in [4.69, 9.17) is 0 Å². The molecule has 4 rings (SSSR count). The summed E-state index contributed by atoms with van der Waals surface area (Å²) in [5.74, 6) is 0. The monoisotopic (exact) mass is 274 g/mol. The quantitative estimate of drug-likeness (QED) is 0.719. The van der Waals surface area contributed by atoms with Gasteiger partial charge in [0.1, 0.15) is 0 Å². The number of nitrogens with one attached hydrogen (secondary N) is 1. The Morgan fingerprint density at radius 2 is 1.62 bits per heavy atom. The van der Waals surface area contributed by atoms with Crippen LogP contribution in [0.25, 0.3) is 10.8 Å². The van der Waals surface area contributed by atoms with Crippen molar-refractivity contribution in [2.75, 3.05) is 18.0 Å². The zero-order valence-corrected chi connectivity index (χ0v) is 11.9. The molecule has 1 aliphatic rings. The van der Waals surface area contributed by atoms with Gasteiger partial charge in [0.2, 0.25) is 0 Å². The molecule has 1 heterocycles. The molecule has 1 aliphatic heterocycles. The molecule has 104 valence electrons. The first-order valence-electron chi connectivity index (χ1n) is 7.47. The molecular formula is C19H18N2. The number of hydrogen-bond acceptors (Lipinski definition) is 2. The van der Waals surface area contributed by atoms with Crippen LogP contribution in [0.3, 0.4) is 0 Å². The minimum Gasteiger partial charge on any atom is -0.340 e. The van der Waals surface area contributed by atoms with Gasteiger partial charge in [0.15, 0.2) is 0 Å². The number of fused-ring (bicyclic) bond motifs is 2. The van der Waals surface area contributed by atoms with Gasteiger partial charge in [-0.25, -0.2) is 0 Å². The van der Waals surface area contributed by atoms with Crippen molar-refractivity contribution in [2.24, 2.45) is 0 Å². The molecule has 3 aromatic carbocycles. The van der Waals surface area contributed by atoms with Crippen molar-refractivity contribution in [2.45, 2.75) is 6.54 Å². The van der Waals surface area contributed by atoms with Crippen molar-refractivity contribution in [1.29, 1.82) is 0 Å². The van der Waals surface area contributed by atoms with Crippen molar-refractivity contribution < 1.29 is 0 Å². The third kappa shape index (κ3) is 2.28. The second-order valence-corrected chi connectivity index (χ2v) is 5.49. The molecule has 2 heteroatoms. The normalized spacial score (nSPS) is 14.8. The predicted octanol–water partition coefficient (Wildman–Crippen LogP) is 4.08. The number of nitrogens with zero attached hydrogens (tertiary/aromatic N) is 1. The predicted molar refractivity (Wildman–Crippen MR) is 89.1 cm³/mol. The maximum absolute atomic E-state index is 3.50. The number of hydrogen-bond donors (Lipinski definition) is 1. The van der Waals surface area contributed by atoms with Crippen LogP contribution < -0.4 is 10.2 Å². The second-order valence-electron chi connectivity index (χ2n) is 5.49. The van der Waals surface area contributed by atoms with Crippen molar-refractivity contribution >= 4 is 22.1 Å². The molecule has 0 aromatic heterocycles. The van der Waals surface area contributed by atoms with Gasteiger partial charge in [-0.2, -0.15) is 0 Å². The zero-order valence-electron chi connectivity index (χ0n) is 11.9. The third-order valence-corrected chi connectivity index (χ3v) is 4.15. The number of rotatable bonds is 1. The zero-order chi connectivity index (χ0) is 14.1. The van der Waals surface area contributed by atoms with E-state index in [2.05, 4.69) is 76.9 Å². The fourth-order valence-corrected chi connectivity index (χ4v) is 3.07. The summed E-state index contributed by atoms with van der Waals surface area (Å²) < 4.78 is 0. The Labute approximate surface area is 125 Å². The van der Waals surface area contributed by atoms with E-state index >= 15 is 0 Å². The summed E-state index contributed by atoms with van der Waals surface area (Å²) in [6.07, 6.45) is 0. The molecule has 3 aromatic rings. The van der Waals surface area contributed by atoms with Crippen molar-refractivity contribution in [3.8, 4) is 0 Å². The van der Waals surface area contributed by atoms with Crippen LogP contribution in [0.1, 0.15) is 5.56 Å².